The van der Waals surface area contributed by atoms with Crippen LogP contribution < -0.4 is 10.3 Å². The van der Waals surface area contributed by atoms with Crippen LogP contribution in [-0.2, 0) is 6.61 Å². The first-order valence-corrected chi connectivity index (χ1v) is 12.1. The Balaban J connectivity index is 1.53. The third kappa shape index (κ3) is 5.34. The summed E-state index contributed by atoms with van der Waals surface area (Å²) in [5, 5.41) is 14.2. The summed E-state index contributed by atoms with van der Waals surface area (Å²) in [7, 11) is 0. The van der Waals surface area contributed by atoms with Crippen LogP contribution in [0.2, 0.25) is 0 Å². The maximum atomic E-state index is 13.4. The first kappa shape index (κ1) is 24.1. The molecular formula is C29H20BrN3O4. The van der Waals surface area contributed by atoms with Crippen molar-refractivity contribution in [1.29, 1.82) is 0 Å². The van der Waals surface area contributed by atoms with E-state index in [0.717, 1.165) is 10.0 Å². The highest BCUT2D eigenvalue weighted by molar-refractivity contribution is 9.10. The van der Waals surface area contributed by atoms with Gasteiger partial charge in [-0.2, -0.15) is 9.78 Å². The molecule has 0 atom stereocenters. The number of carboxylic acids is 1. The lowest BCUT2D eigenvalue weighted by Gasteiger charge is -2.11. The molecule has 0 radical (unpaired) electrons. The number of rotatable bonds is 7. The van der Waals surface area contributed by atoms with Crippen molar-refractivity contribution in [2.45, 2.75) is 6.61 Å². The van der Waals surface area contributed by atoms with E-state index >= 15 is 0 Å². The zero-order valence-corrected chi connectivity index (χ0v) is 21.0. The van der Waals surface area contributed by atoms with Gasteiger partial charge in [-0.25, -0.2) is 9.78 Å². The number of hydrogen-bond acceptors (Lipinski definition) is 5. The van der Waals surface area contributed by atoms with Crippen molar-refractivity contribution in [2.24, 2.45) is 5.10 Å². The van der Waals surface area contributed by atoms with Crippen molar-refractivity contribution in [3.63, 3.8) is 0 Å². The molecule has 5 aromatic rings. The van der Waals surface area contributed by atoms with Gasteiger partial charge >= 0.3 is 5.97 Å². The number of halogens is 1. The summed E-state index contributed by atoms with van der Waals surface area (Å²) in [4.78, 5) is 29.4. The van der Waals surface area contributed by atoms with Crippen molar-refractivity contribution in [1.82, 2.24) is 9.66 Å². The van der Waals surface area contributed by atoms with Gasteiger partial charge in [0.1, 0.15) is 12.4 Å². The Morgan fingerprint density at radius 1 is 0.973 bits per heavy atom. The first-order chi connectivity index (χ1) is 18.0. The highest BCUT2D eigenvalue weighted by Gasteiger charge is 2.13. The quantitative estimate of drug-likeness (QED) is 0.250. The molecule has 182 valence electrons. The van der Waals surface area contributed by atoms with Crippen LogP contribution in [0.4, 0.5) is 0 Å². The fraction of sp³-hybridized carbons (Fsp3) is 0.0345. The van der Waals surface area contributed by atoms with Gasteiger partial charge in [0.25, 0.3) is 5.56 Å². The number of para-hydroxylation sites is 1. The van der Waals surface area contributed by atoms with Gasteiger partial charge < -0.3 is 9.84 Å². The van der Waals surface area contributed by atoms with Gasteiger partial charge in [-0.15, -0.1) is 0 Å². The lowest BCUT2D eigenvalue weighted by Crippen LogP contribution is -2.20. The van der Waals surface area contributed by atoms with Crippen LogP contribution in [0.5, 0.6) is 5.75 Å². The van der Waals surface area contributed by atoms with E-state index in [4.69, 9.17) is 9.72 Å². The molecule has 0 bridgehead atoms. The van der Waals surface area contributed by atoms with Gasteiger partial charge in [0.05, 0.1) is 22.7 Å². The Morgan fingerprint density at radius 3 is 2.57 bits per heavy atom. The molecular weight excluding hydrogens is 534 g/mol. The lowest BCUT2D eigenvalue weighted by molar-refractivity contribution is 0.0696. The molecule has 0 fully saturated rings. The largest absolute Gasteiger partial charge is 0.488 e. The number of benzene rings is 4. The summed E-state index contributed by atoms with van der Waals surface area (Å²) in [6.45, 7) is 0.163. The maximum absolute atomic E-state index is 13.4. The molecule has 5 rings (SSSR count). The highest BCUT2D eigenvalue weighted by Crippen LogP contribution is 2.24. The molecule has 1 N–H and O–H groups in total. The summed E-state index contributed by atoms with van der Waals surface area (Å²) < 4.78 is 8.11. The number of carboxylic acid groups (broad SMARTS) is 1. The normalized spacial score (nSPS) is 11.2. The molecule has 0 aliphatic heterocycles. The zero-order chi connectivity index (χ0) is 25.8. The third-order valence-corrected chi connectivity index (χ3v) is 6.13. The smallest absolute Gasteiger partial charge is 0.335 e. The Hall–Kier alpha value is -4.56. The van der Waals surface area contributed by atoms with Crippen molar-refractivity contribution in [2.75, 3.05) is 0 Å². The molecule has 8 heteroatoms. The molecule has 37 heavy (non-hydrogen) atoms. The van der Waals surface area contributed by atoms with Gasteiger partial charge in [-0.1, -0.05) is 70.5 Å². The minimum absolute atomic E-state index is 0.163. The fourth-order valence-electron chi connectivity index (χ4n) is 3.83. The van der Waals surface area contributed by atoms with E-state index in [1.54, 1.807) is 48.7 Å². The number of fused-ring (bicyclic) bond motifs is 1. The average Bonchev–Trinajstić information content (AvgIpc) is 2.92. The number of ether oxygens (including phenoxy) is 1. The summed E-state index contributed by atoms with van der Waals surface area (Å²) in [6.07, 6.45) is 1.55. The Kier molecular flexibility index (Phi) is 6.91. The molecule has 0 amide bonds. The van der Waals surface area contributed by atoms with E-state index in [1.165, 1.54) is 10.7 Å². The number of aromatic carboxylic acids is 1. The van der Waals surface area contributed by atoms with E-state index in [0.29, 0.717) is 33.6 Å². The zero-order valence-electron chi connectivity index (χ0n) is 19.4. The number of hydrogen-bond donors (Lipinski definition) is 1. The van der Waals surface area contributed by atoms with Crippen molar-refractivity contribution >= 4 is 39.0 Å². The minimum Gasteiger partial charge on any atom is -0.488 e. The summed E-state index contributed by atoms with van der Waals surface area (Å²) in [5.74, 6) is -0.0544. The van der Waals surface area contributed by atoms with Gasteiger partial charge in [0, 0.05) is 15.6 Å². The van der Waals surface area contributed by atoms with E-state index in [9.17, 15) is 14.7 Å². The summed E-state index contributed by atoms with van der Waals surface area (Å²) in [6, 6.07) is 28.6. The predicted molar refractivity (Wildman–Crippen MR) is 146 cm³/mol. The van der Waals surface area contributed by atoms with Crippen LogP contribution in [0.3, 0.4) is 0 Å². The van der Waals surface area contributed by atoms with E-state index in [2.05, 4.69) is 21.0 Å². The second-order valence-electron chi connectivity index (χ2n) is 8.16. The molecule has 7 nitrogen and oxygen atoms in total. The van der Waals surface area contributed by atoms with Crippen LogP contribution in [0, 0.1) is 0 Å². The maximum Gasteiger partial charge on any atom is 0.335 e. The van der Waals surface area contributed by atoms with E-state index in [1.807, 2.05) is 48.5 Å². The number of nitrogens with zero attached hydrogens (tertiary/aromatic N) is 3. The lowest BCUT2D eigenvalue weighted by atomic mass is 10.1. The first-order valence-electron chi connectivity index (χ1n) is 11.4. The third-order valence-electron chi connectivity index (χ3n) is 5.64. The monoisotopic (exact) mass is 553 g/mol. The Labute approximate surface area is 220 Å². The van der Waals surface area contributed by atoms with E-state index in [-0.39, 0.29) is 17.7 Å². The summed E-state index contributed by atoms with van der Waals surface area (Å²) >= 11 is 3.48. The molecule has 0 saturated carbocycles. The number of aromatic nitrogens is 2. The van der Waals surface area contributed by atoms with Crippen LogP contribution in [-0.4, -0.2) is 27.0 Å². The van der Waals surface area contributed by atoms with E-state index < -0.39 is 5.97 Å². The highest BCUT2D eigenvalue weighted by atomic mass is 79.9. The van der Waals surface area contributed by atoms with Crippen molar-refractivity contribution < 1.29 is 14.6 Å². The molecule has 0 spiro atoms. The molecule has 4 aromatic carbocycles. The standard InChI is InChI=1S/C29H20BrN3O4/c30-23-13-14-26(37-18-19-7-6-10-21(15-19)29(35)36)22(16-23)17-31-33-27(20-8-2-1-3-9-20)32-25-12-5-4-11-24(25)28(33)34/h1-17H,18H2,(H,35,36). The van der Waals surface area contributed by atoms with Crippen molar-refractivity contribution in [3.05, 3.63) is 129 Å². The van der Waals surface area contributed by atoms with Gasteiger partial charge in [-0.05, 0) is 48.0 Å². The Bertz CT molecular complexity index is 1700. The molecule has 0 saturated heterocycles. The Morgan fingerprint density at radius 2 is 1.76 bits per heavy atom. The second kappa shape index (κ2) is 10.6. The predicted octanol–water partition coefficient (Wildman–Crippen LogP) is 5.99. The number of carbonyl (C=O) groups is 1. The van der Waals surface area contributed by atoms with Crippen LogP contribution >= 0.6 is 15.9 Å². The van der Waals surface area contributed by atoms with Crippen LogP contribution in [0.25, 0.3) is 22.3 Å². The fourth-order valence-corrected chi connectivity index (χ4v) is 4.21. The molecule has 0 unspecified atom stereocenters. The van der Waals surface area contributed by atoms with Gasteiger partial charge in [-0.3, -0.25) is 4.79 Å². The van der Waals surface area contributed by atoms with Crippen molar-refractivity contribution in [3.8, 4) is 17.1 Å². The molecule has 1 aromatic heterocycles. The average molecular weight is 554 g/mol. The molecule has 1 heterocycles. The summed E-state index contributed by atoms with van der Waals surface area (Å²) in [5.41, 5.74) is 2.59. The minimum atomic E-state index is -0.998. The molecule has 0 aliphatic carbocycles. The van der Waals surface area contributed by atoms with Crippen LogP contribution in [0.1, 0.15) is 21.5 Å². The van der Waals surface area contributed by atoms with Crippen LogP contribution in [0.15, 0.2) is 111 Å². The topological polar surface area (TPSA) is 93.8 Å². The second-order valence-corrected chi connectivity index (χ2v) is 9.07. The van der Waals surface area contributed by atoms with Gasteiger partial charge in [0.2, 0.25) is 0 Å². The SMILES string of the molecule is O=C(O)c1cccc(COc2ccc(Br)cc2C=Nn2c(-c3ccccc3)nc3ccccc3c2=O)c1. The molecule has 0 aliphatic rings. The van der Waals surface area contributed by atoms with Gasteiger partial charge in [0.15, 0.2) is 5.82 Å².